The lowest BCUT2D eigenvalue weighted by Gasteiger charge is -2.30. The summed E-state index contributed by atoms with van der Waals surface area (Å²) in [5, 5.41) is 14.8. The van der Waals surface area contributed by atoms with Crippen molar-refractivity contribution in [2.75, 3.05) is 20.1 Å². The molecular weight excluding hydrogens is 326 g/mol. The fourth-order valence-electron chi connectivity index (χ4n) is 3.76. The van der Waals surface area contributed by atoms with Gasteiger partial charge in [-0.2, -0.15) is 0 Å². The van der Waals surface area contributed by atoms with E-state index in [1.54, 1.807) is 6.20 Å². The third-order valence-corrected chi connectivity index (χ3v) is 5.41. The quantitative estimate of drug-likeness (QED) is 0.862. The smallest absolute Gasteiger partial charge is 0.220 e. The Bertz CT molecular complexity index is 767. The molecule has 1 aliphatic heterocycles. The zero-order valence-corrected chi connectivity index (χ0v) is 15.9. The number of aromatic hydroxyl groups is 1. The van der Waals surface area contributed by atoms with Gasteiger partial charge in [0.05, 0.1) is 6.04 Å². The normalized spacial score (nSPS) is 17.5. The van der Waals surface area contributed by atoms with E-state index in [4.69, 9.17) is 0 Å². The lowest BCUT2D eigenvalue weighted by Crippen LogP contribution is -2.36. The molecule has 1 saturated heterocycles. The number of pyridine rings is 1. The van der Waals surface area contributed by atoms with Gasteiger partial charge in [0.15, 0.2) is 0 Å². The minimum absolute atomic E-state index is 0.0683. The Kier molecular flexibility index (Phi) is 5.77. The summed E-state index contributed by atoms with van der Waals surface area (Å²) in [6.45, 7) is 6.23. The number of hydrogen-bond donors (Lipinski definition) is 2. The van der Waals surface area contributed by atoms with Crippen LogP contribution in [0.25, 0.3) is 10.9 Å². The van der Waals surface area contributed by atoms with Crippen LogP contribution >= 0.6 is 0 Å². The van der Waals surface area contributed by atoms with E-state index in [9.17, 15) is 9.90 Å². The number of rotatable bonds is 5. The molecular formula is C21H29N3O2. The molecule has 2 heterocycles. The van der Waals surface area contributed by atoms with Crippen LogP contribution in [-0.2, 0) is 4.79 Å². The number of carbonyl (C=O) groups is 1. The molecule has 3 rings (SSSR count). The standard InChI is InChI=1S/C21H29N3O2/c1-14(2)19(23-18(25)13-15-8-11-24(3)12-9-15)17-7-6-16-5-4-10-22-20(16)21(17)26/h4-7,10,14-15,19,26H,8-9,11-13H2,1-3H3,(H,23,25). The van der Waals surface area contributed by atoms with Crippen LogP contribution < -0.4 is 5.32 Å². The summed E-state index contributed by atoms with van der Waals surface area (Å²) in [5.41, 5.74) is 1.32. The second kappa shape index (κ2) is 8.04. The van der Waals surface area contributed by atoms with Crippen molar-refractivity contribution in [1.29, 1.82) is 0 Å². The van der Waals surface area contributed by atoms with E-state index in [1.807, 2.05) is 24.3 Å². The summed E-state index contributed by atoms with van der Waals surface area (Å²) >= 11 is 0. The first-order chi connectivity index (χ1) is 12.5. The zero-order valence-electron chi connectivity index (χ0n) is 15.9. The van der Waals surface area contributed by atoms with Crippen LogP contribution in [0.3, 0.4) is 0 Å². The number of benzene rings is 1. The number of nitrogens with one attached hydrogen (secondary N) is 1. The van der Waals surface area contributed by atoms with Gasteiger partial charge < -0.3 is 15.3 Å². The van der Waals surface area contributed by atoms with Crippen LogP contribution in [0.5, 0.6) is 5.75 Å². The first-order valence-corrected chi connectivity index (χ1v) is 9.50. The number of piperidine rings is 1. The van der Waals surface area contributed by atoms with E-state index < -0.39 is 0 Å². The van der Waals surface area contributed by atoms with Crippen LogP contribution in [0.15, 0.2) is 30.5 Å². The molecule has 0 spiro atoms. The van der Waals surface area contributed by atoms with Crippen molar-refractivity contribution < 1.29 is 9.90 Å². The van der Waals surface area contributed by atoms with Crippen LogP contribution in [0.1, 0.15) is 44.7 Å². The molecule has 1 atom stereocenters. The number of nitrogens with zero attached hydrogens (tertiary/aromatic N) is 2. The fraction of sp³-hybridized carbons (Fsp3) is 0.524. The third-order valence-electron chi connectivity index (χ3n) is 5.41. The molecule has 1 aromatic heterocycles. The van der Waals surface area contributed by atoms with Gasteiger partial charge in [-0.15, -0.1) is 0 Å². The fourth-order valence-corrected chi connectivity index (χ4v) is 3.76. The van der Waals surface area contributed by atoms with Gasteiger partial charge >= 0.3 is 0 Å². The molecule has 5 heteroatoms. The predicted octanol–water partition coefficient (Wildman–Crippen LogP) is 3.49. The maximum atomic E-state index is 12.6. The molecule has 0 saturated carbocycles. The predicted molar refractivity (Wildman–Crippen MR) is 104 cm³/mol. The Hall–Kier alpha value is -2.14. The summed E-state index contributed by atoms with van der Waals surface area (Å²) in [6, 6.07) is 7.41. The molecule has 1 amide bonds. The molecule has 1 aliphatic rings. The van der Waals surface area contributed by atoms with Gasteiger partial charge in [-0.1, -0.05) is 32.0 Å². The Morgan fingerprint density at radius 1 is 1.31 bits per heavy atom. The number of carbonyl (C=O) groups excluding carboxylic acids is 1. The Labute approximate surface area is 155 Å². The van der Waals surface area contributed by atoms with Crippen molar-refractivity contribution in [2.45, 2.75) is 39.2 Å². The average molecular weight is 355 g/mol. The molecule has 0 bridgehead atoms. The van der Waals surface area contributed by atoms with Crippen LogP contribution in [0, 0.1) is 11.8 Å². The minimum atomic E-state index is -0.222. The Morgan fingerprint density at radius 2 is 2.04 bits per heavy atom. The highest BCUT2D eigenvalue weighted by atomic mass is 16.3. The van der Waals surface area contributed by atoms with Gasteiger partial charge in [-0.05, 0) is 50.9 Å². The second-order valence-electron chi connectivity index (χ2n) is 7.82. The maximum Gasteiger partial charge on any atom is 0.220 e. The van der Waals surface area contributed by atoms with Gasteiger partial charge in [-0.25, -0.2) is 0 Å². The average Bonchev–Trinajstić information content (AvgIpc) is 2.62. The van der Waals surface area contributed by atoms with E-state index >= 15 is 0 Å². The summed E-state index contributed by atoms with van der Waals surface area (Å²) in [6.07, 6.45) is 4.38. The molecule has 0 radical (unpaired) electrons. The summed E-state index contributed by atoms with van der Waals surface area (Å²) in [5.74, 6) is 0.856. The number of hydrogen-bond acceptors (Lipinski definition) is 4. The van der Waals surface area contributed by atoms with Gasteiger partial charge in [0.2, 0.25) is 5.91 Å². The Balaban J connectivity index is 1.75. The lowest BCUT2D eigenvalue weighted by atomic mass is 9.91. The number of aromatic nitrogens is 1. The topological polar surface area (TPSA) is 65.5 Å². The van der Waals surface area contributed by atoms with E-state index in [1.165, 1.54) is 0 Å². The van der Waals surface area contributed by atoms with E-state index in [2.05, 4.69) is 36.1 Å². The van der Waals surface area contributed by atoms with Gasteiger partial charge in [0, 0.05) is 23.6 Å². The van der Waals surface area contributed by atoms with Gasteiger partial charge in [-0.3, -0.25) is 9.78 Å². The largest absolute Gasteiger partial charge is 0.505 e. The molecule has 2 N–H and O–H groups in total. The first kappa shape index (κ1) is 18.6. The van der Waals surface area contributed by atoms with Crippen LogP contribution in [-0.4, -0.2) is 41.0 Å². The highest BCUT2D eigenvalue weighted by molar-refractivity contribution is 5.86. The first-order valence-electron chi connectivity index (χ1n) is 9.50. The Morgan fingerprint density at radius 3 is 2.73 bits per heavy atom. The summed E-state index contributed by atoms with van der Waals surface area (Å²) in [4.78, 5) is 19.2. The lowest BCUT2D eigenvalue weighted by molar-refractivity contribution is -0.123. The van der Waals surface area contributed by atoms with E-state index in [0.29, 0.717) is 17.9 Å². The molecule has 140 valence electrons. The number of amides is 1. The van der Waals surface area contributed by atoms with Crippen molar-refractivity contribution in [3.63, 3.8) is 0 Å². The van der Waals surface area contributed by atoms with Crippen molar-refractivity contribution in [1.82, 2.24) is 15.2 Å². The molecule has 26 heavy (non-hydrogen) atoms. The van der Waals surface area contributed by atoms with Crippen molar-refractivity contribution >= 4 is 16.8 Å². The van der Waals surface area contributed by atoms with E-state index in [0.717, 1.165) is 36.9 Å². The summed E-state index contributed by atoms with van der Waals surface area (Å²) < 4.78 is 0. The molecule has 0 aliphatic carbocycles. The number of phenols is 1. The third kappa shape index (κ3) is 4.15. The molecule has 1 unspecified atom stereocenters. The van der Waals surface area contributed by atoms with Gasteiger partial charge in [0.25, 0.3) is 0 Å². The van der Waals surface area contributed by atoms with Crippen molar-refractivity contribution in [3.8, 4) is 5.75 Å². The van der Waals surface area contributed by atoms with E-state index in [-0.39, 0.29) is 23.6 Å². The molecule has 1 aromatic carbocycles. The molecule has 1 fully saturated rings. The van der Waals surface area contributed by atoms with Crippen molar-refractivity contribution in [2.24, 2.45) is 11.8 Å². The summed E-state index contributed by atoms with van der Waals surface area (Å²) in [7, 11) is 2.13. The van der Waals surface area contributed by atoms with Gasteiger partial charge in [0.1, 0.15) is 11.3 Å². The van der Waals surface area contributed by atoms with Crippen molar-refractivity contribution in [3.05, 3.63) is 36.0 Å². The molecule has 2 aromatic rings. The number of phenolic OH excluding ortho intramolecular Hbond substituents is 1. The zero-order chi connectivity index (χ0) is 18.7. The minimum Gasteiger partial charge on any atom is -0.505 e. The van der Waals surface area contributed by atoms with Crippen LogP contribution in [0.4, 0.5) is 0 Å². The second-order valence-corrected chi connectivity index (χ2v) is 7.82. The molecule has 5 nitrogen and oxygen atoms in total. The monoisotopic (exact) mass is 355 g/mol. The maximum absolute atomic E-state index is 12.6. The number of fused-ring (bicyclic) bond motifs is 1. The highest BCUT2D eigenvalue weighted by Crippen LogP contribution is 2.34. The SMILES string of the molecule is CC(C)C(NC(=O)CC1CCN(C)CC1)c1ccc2cccnc2c1O. The number of likely N-dealkylation sites (tertiary alicyclic amines) is 1. The highest BCUT2D eigenvalue weighted by Gasteiger charge is 2.25. The van der Waals surface area contributed by atoms with Crippen LogP contribution in [0.2, 0.25) is 0 Å².